The first kappa shape index (κ1) is 17.2. The van der Waals surface area contributed by atoms with Crippen LogP contribution in [0.4, 0.5) is 5.69 Å². The van der Waals surface area contributed by atoms with Crippen molar-refractivity contribution in [3.63, 3.8) is 0 Å². The molecule has 0 aliphatic heterocycles. The Kier molecular flexibility index (Phi) is 4.63. The first-order valence-electron chi connectivity index (χ1n) is 8.03. The molecular formula is C17H19N3O4S. The summed E-state index contributed by atoms with van der Waals surface area (Å²) in [7, 11) is -3.37. The SMILES string of the molecule is CCCn1c(=O)oc2ccc(-c3cncc(NS(=O)(=O)CC)c3)cc21. The number of anilines is 1. The van der Waals surface area contributed by atoms with Crippen LogP contribution in [0.5, 0.6) is 0 Å². The molecule has 8 heteroatoms. The summed E-state index contributed by atoms with van der Waals surface area (Å²) in [5.74, 6) is -0.391. The Labute approximate surface area is 145 Å². The Balaban J connectivity index is 2.04. The Bertz CT molecular complexity index is 1070. The van der Waals surface area contributed by atoms with E-state index in [4.69, 9.17) is 4.42 Å². The van der Waals surface area contributed by atoms with Crippen LogP contribution in [0.1, 0.15) is 20.3 Å². The van der Waals surface area contributed by atoms with Crippen LogP contribution in [0.2, 0.25) is 0 Å². The van der Waals surface area contributed by atoms with Crippen molar-refractivity contribution < 1.29 is 12.8 Å². The van der Waals surface area contributed by atoms with Gasteiger partial charge in [0.25, 0.3) is 0 Å². The molecule has 2 heterocycles. The van der Waals surface area contributed by atoms with Crippen molar-refractivity contribution in [2.45, 2.75) is 26.8 Å². The van der Waals surface area contributed by atoms with E-state index in [0.717, 1.165) is 17.5 Å². The topological polar surface area (TPSA) is 94.2 Å². The van der Waals surface area contributed by atoms with Crippen molar-refractivity contribution >= 4 is 26.8 Å². The van der Waals surface area contributed by atoms with Gasteiger partial charge in [0.1, 0.15) is 0 Å². The standard InChI is InChI=1S/C17H19N3O4S/c1-3-7-20-15-9-12(5-6-16(15)24-17(20)21)13-8-14(11-18-10-13)19-25(22,23)4-2/h5-6,8-11,19H,3-4,7H2,1-2H3. The summed E-state index contributed by atoms with van der Waals surface area (Å²) >= 11 is 0. The Morgan fingerprint density at radius 1 is 1.16 bits per heavy atom. The minimum atomic E-state index is -3.37. The van der Waals surface area contributed by atoms with Crippen LogP contribution in [0, 0.1) is 0 Å². The number of benzene rings is 1. The molecule has 0 aliphatic rings. The first-order chi connectivity index (χ1) is 11.9. The molecule has 1 aromatic carbocycles. The molecule has 0 radical (unpaired) electrons. The monoisotopic (exact) mass is 361 g/mol. The number of hydrogen-bond acceptors (Lipinski definition) is 5. The molecule has 0 saturated heterocycles. The van der Waals surface area contributed by atoms with Gasteiger partial charge in [0.2, 0.25) is 10.0 Å². The molecule has 0 amide bonds. The van der Waals surface area contributed by atoms with Gasteiger partial charge in [0.15, 0.2) is 5.58 Å². The fourth-order valence-corrected chi connectivity index (χ4v) is 3.20. The number of aromatic nitrogens is 2. The molecule has 0 bridgehead atoms. The highest BCUT2D eigenvalue weighted by molar-refractivity contribution is 7.92. The number of nitrogens with zero attached hydrogens (tertiary/aromatic N) is 2. The van der Waals surface area contributed by atoms with Gasteiger partial charge in [-0.1, -0.05) is 13.0 Å². The third-order valence-electron chi connectivity index (χ3n) is 3.84. The number of hydrogen-bond donors (Lipinski definition) is 1. The summed E-state index contributed by atoms with van der Waals surface area (Å²) in [5.41, 5.74) is 3.21. The second-order valence-electron chi connectivity index (χ2n) is 5.67. The maximum atomic E-state index is 11.9. The van der Waals surface area contributed by atoms with E-state index in [1.807, 2.05) is 19.1 Å². The first-order valence-corrected chi connectivity index (χ1v) is 9.68. The Morgan fingerprint density at radius 3 is 2.68 bits per heavy atom. The van der Waals surface area contributed by atoms with Crippen LogP contribution in [0.15, 0.2) is 45.9 Å². The lowest BCUT2D eigenvalue weighted by Crippen LogP contribution is -2.14. The average molecular weight is 361 g/mol. The van der Waals surface area contributed by atoms with E-state index in [1.165, 1.54) is 6.20 Å². The molecule has 3 aromatic rings. The highest BCUT2D eigenvalue weighted by atomic mass is 32.2. The minimum absolute atomic E-state index is 0.0124. The molecule has 0 aliphatic carbocycles. The number of oxazole rings is 1. The van der Waals surface area contributed by atoms with Crippen LogP contribution in [-0.4, -0.2) is 23.7 Å². The molecule has 0 spiro atoms. The summed E-state index contributed by atoms with van der Waals surface area (Å²) in [5, 5.41) is 0. The molecule has 132 valence electrons. The van der Waals surface area contributed by atoms with Crippen LogP contribution in [0.25, 0.3) is 22.2 Å². The van der Waals surface area contributed by atoms with E-state index in [9.17, 15) is 13.2 Å². The van der Waals surface area contributed by atoms with E-state index >= 15 is 0 Å². The maximum Gasteiger partial charge on any atom is 0.419 e. The van der Waals surface area contributed by atoms with Crippen LogP contribution >= 0.6 is 0 Å². The molecule has 2 aromatic heterocycles. The zero-order valence-electron chi connectivity index (χ0n) is 14.0. The summed E-state index contributed by atoms with van der Waals surface area (Å²) in [6.07, 6.45) is 3.92. The molecular weight excluding hydrogens is 342 g/mol. The molecule has 1 N–H and O–H groups in total. The maximum absolute atomic E-state index is 11.9. The van der Waals surface area contributed by atoms with Crippen molar-refractivity contribution in [2.24, 2.45) is 0 Å². The van der Waals surface area contributed by atoms with Gasteiger partial charge >= 0.3 is 5.76 Å². The van der Waals surface area contributed by atoms with Gasteiger partial charge < -0.3 is 4.42 Å². The number of sulfonamides is 1. The zero-order chi connectivity index (χ0) is 18.0. The predicted molar refractivity (Wildman–Crippen MR) is 97.1 cm³/mol. The fraction of sp³-hybridized carbons (Fsp3) is 0.294. The van der Waals surface area contributed by atoms with Gasteiger partial charge in [-0.25, -0.2) is 13.2 Å². The number of rotatable bonds is 6. The minimum Gasteiger partial charge on any atom is -0.408 e. The normalized spacial score (nSPS) is 11.8. The number of nitrogens with one attached hydrogen (secondary N) is 1. The van der Waals surface area contributed by atoms with Gasteiger partial charge in [-0.15, -0.1) is 0 Å². The van der Waals surface area contributed by atoms with E-state index in [1.54, 1.807) is 29.8 Å². The third-order valence-corrected chi connectivity index (χ3v) is 5.15. The second kappa shape index (κ2) is 6.72. The Morgan fingerprint density at radius 2 is 1.96 bits per heavy atom. The van der Waals surface area contributed by atoms with Crippen LogP contribution in [-0.2, 0) is 16.6 Å². The largest absolute Gasteiger partial charge is 0.419 e. The van der Waals surface area contributed by atoms with Gasteiger partial charge in [-0.3, -0.25) is 14.3 Å². The lowest BCUT2D eigenvalue weighted by Gasteiger charge is -2.08. The molecule has 7 nitrogen and oxygen atoms in total. The third kappa shape index (κ3) is 3.58. The number of aryl methyl sites for hydroxylation is 1. The zero-order valence-corrected chi connectivity index (χ0v) is 14.8. The highest BCUT2D eigenvalue weighted by Gasteiger charge is 2.12. The second-order valence-corrected chi connectivity index (χ2v) is 7.68. The van der Waals surface area contributed by atoms with Gasteiger partial charge in [-0.2, -0.15) is 0 Å². The molecule has 0 saturated carbocycles. The van der Waals surface area contributed by atoms with Crippen molar-refractivity contribution in [1.82, 2.24) is 9.55 Å². The summed E-state index contributed by atoms with van der Waals surface area (Å²) in [4.78, 5) is 16.0. The van der Waals surface area contributed by atoms with Gasteiger partial charge in [-0.05, 0) is 37.1 Å². The molecule has 0 fully saturated rings. The Hall–Kier alpha value is -2.61. The molecule has 0 atom stereocenters. The summed E-state index contributed by atoms with van der Waals surface area (Å²) in [6.45, 7) is 4.13. The molecule has 3 rings (SSSR count). The van der Waals surface area contributed by atoms with Crippen molar-refractivity contribution in [1.29, 1.82) is 0 Å². The lowest BCUT2D eigenvalue weighted by molar-refractivity contribution is 0.502. The van der Waals surface area contributed by atoms with E-state index in [0.29, 0.717) is 23.3 Å². The fourth-order valence-electron chi connectivity index (χ4n) is 2.58. The highest BCUT2D eigenvalue weighted by Crippen LogP contribution is 2.26. The van der Waals surface area contributed by atoms with Crippen molar-refractivity contribution in [3.05, 3.63) is 47.2 Å². The van der Waals surface area contributed by atoms with Gasteiger partial charge in [0.05, 0.1) is 23.2 Å². The van der Waals surface area contributed by atoms with Crippen LogP contribution < -0.4 is 10.5 Å². The number of pyridine rings is 1. The van der Waals surface area contributed by atoms with Crippen molar-refractivity contribution in [2.75, 3.05) is 10.5 Å². The summed E-state index contributed by atoms with van der Waals surface area (Å²) < 4.78 is 32.8. The quantitative estimate of drug-likeness (QED) is 0.728. The summed E-state index contributed by atoms with van der Waals surface area (Å²) in [6, 6.07) is 7.12. The molecule has 0 unspecified atom stereocenters. The van der Waals surface area contributed by atoms with Gasteiger partial charge in [0, 0.05) is 18.3 Å². The van der Waals surface area contributed by atoms with E-state index < -0.39 is 10.0 Å². The lowest BCUT2D eigenvalue weighted by atomic mass is 10.1. The average Bonchev–Trinajstić information content (AvgIpc) is 2.90. The van der Waals surface area contributed by atoms with Crippen LogP contribution in [0.3, 0.4) is 0 Å². The number of fused-ring (bicyclic) bond motifs is 1. The van der Waals surface area contributed by atoms with E-state index in [2.05, 4.69) is 9.71 Å². The molecule has 25 heavy (non-hydrogen) atoms. The van der Waals surface area contributed by atoms with Crippen molar-refractivity contribution in [3.8, 4) is 11.1 Å². The predicted octanol–water partition coefficient (Wildman–Crippen LogP) is 2.83. The van der Waals surface area contributed by atoms with E-state index in [-0.39, 0.29) is 11.5 Å². The smallest absolute Gasteiger partial charge is 0.408 e.